The zero-order valence-electron chi connectivity index (χ0n) is 9.89. The van der Waals surface area contributed by atoms with Gasteiger partial charge in [0.25, 0.3) is 0 Å². The van der Waals surface area contributed by atoms with E-state index in [2.05, 4.69) is 11.4 Å². The Bertz CT molecular complexity index is 338. The van der Waals surface area contributed by atoms with Gasteiger partial charge in [-0.15, -0.1) is 0 Å². The highest BCUT2D eigenvalue weighted by molar-refractivity contribution is 5.80. The van der Waals surface area contributed by atoms with Crippen molar-refractivity contribution < 1.29 is 14.7 Å². The third-order valence-electron chi connectivity index (χ3n) is 3.80. The summed E-state index contributed by atoms with van der Waals surface area (Å²) in [4.78, 5) is 23.0. The second-order valence-corrected chi connectivity index (χ2v) is 4.97. The minimum atomic E-state index is -0.781. The van der Waals surface area contributed by atoms with Crippen molar-refractivity contribution in [1.82, 2.24) is 5.32 Å². The number of carbonyl (C=O) groups is 2. The number of carboxylic acid groups (broad SMARTS) is 1. The van der Waals surface area contributed by atoms with Gasteiger partial charge in [-0.3, -0.25) is 9.59 Å². The van der Waals surface area contributed by atoms with Gasteiger partial charge < -0.3 is 10.4 Å². The van der Waals surface area contributed by atoms with Crippen molar-refractivity contribution in [2.75, 3.05) is 0 Å². The number of aliphatic carboxylic acids is 1. The quantitative estimate of drug-likeness (QED) is 0.734. The van der Waals surface area contributed by atoms with E-state index in [1.165, 1.54) is 0 Å². The van der Waals surface area contributed by atoms with Gasteiger partial charge in [-0.2, -0.15) is 0 Å². The molecule has 2 rings (SSSR count). The molecule has 0 bridgehead atoms. The number of hydrogen-bond acceptors (Lipinski definition) is 2. The van der Waals surface area contributed by atoms with Crippen molar-refractivity contribution >= 4 is 11.9 Å². The Morgan fingerprint density at radius 1 is 1.18 bits per heavy atom. The number of amides is 1. The SMILES string of the molecule is O=C(N[C@H]1CCC[C@H]1C(=O)O)C1CC=CCC1. The summed E-state index contributed by atoms with van der Waals surface area (Å²) >= 11 is 0. The van der Waals surface area contributed by atoms with E-state index in [1.54, 1.807) is 0 Å². The highest BCUT2D eigenvalue weighted by Crippen LogP contribution is 2.27. The van der Waals surface area contributed by atoms with Gasteiger partial charge >= 0.3 is 5.97 Å². The molecule has 17 heavy (non-hydrogen) atoms. The van der Waals surface area contributed by atoms with E-state index in [1.807, 2.05) is 6.08 Å². The van der Waals surface area contributed by atoms with Crippen LogP contribution < -0.4 is 5.32 Å². The fourth-order valence-electron chi connectivity index (χ4n) is 2.76. The predicted molar refractivity (Wildman–Crippen MR) is 63.4 cm³/mol. The molecule has 2 aliphatic rings. The number of nitrogens with one attached hydrogen (secondary N) is 1. The minimum absolute atomic E-state index is 0.0347. The Kier molecular flexibility index (Phi) is 3.82. The molecule has 3 atom stereocenters. The van der Waals surface area contributed by atoms with E-state index >= 15 is 0 Å². The van der Waals surface area contributed by atoms with Gasteiger partial charge in [0.2, 0.25) is 5.91 Å². The summed E-state index contributed by atoms with van der Waals surface area (Å²) in [7, 11) is 0. The third kappa shape index (κ3) is 2.87. The van der Waals surface area contributed by atoms with E-state index in [4.69, 9.17) is 5.11 Å². The number of carboxylic acids is 1. The van der Waals surface area contributed by atoms with Gasteiger partial charge in [0.15, 0.2) is 0 Å². The maximum absolute atomic E-state index is 12.0. The van der Waals surface area contributed by atoms with E-state index in [9.17, 15) is 9.59 Å². The first-order valence-electron chi connectivity index (χ1n) is 6.36. The van der Waals surface area contributed by atoms with Crippen LogP contribution in [0.5, 0.6) is 0 Å². The standard InChI is InChI=1S/C13H19NO3/c15-12(9-5-2-1-3-6-9)14-11-8-4-7-10(11)13(16)17/h1-2,9-11H,3-8H2,(H,14,15)(H,16,17)/t9?,10-,11+/m1/s1. The smallest absolute Gasteiger partial charge is 0.308 e. The summed E-state index contributed by atoms with van der Waals surface area (Å²) in [6.07, 6.45) is 9.13. The lowest BCUT2D eigenvalue weighted by atomic mass is 9.93. The molecule has 1 fully saturated rings. The van der Waals surface area contributed by atoms with Crippen LogP contribution in [0.3, 0.4) is 0 Å². The maximum Gasteiger partial charge on any atom is 0.308 e. The molecule has 4 nitrogen and oxygen atoms in total. The van der Waals surface area contributed by atoms with Crippen molar-refractivity contribution in [2.45, 2.75) is 44.6 Å². The summed E-state index contributed by atoms with van der Waals surface area (Å²) in [5, 5.41) is 12.0. The molecule has 1 amide bonds. The fourth-order valence-corrected chi connectivity index (χ4v) is 2.76. The van der Waals surface area contributed by atoms with Crippen LogP contribution in [0.4, 0.5) is 0 Å². The normalized spacial score (nSPS) is 32.4. The number of hydrogen-bond donors (Lipinski definition) is 2. The molecule has 0 aliphatic heterocycles. The maximum atomic E-state index is 12.0. The summed E-state index contributed by atoms with van der Waals surface area (Å²) in [5.41, 5.74) is 0. The topological polar surface area (TPSA) is 66.4 Å². The first-order valence-corrected chi connectivity index (χ1v) is 6.36. The lowest BCUT2D eigenvalue weighted by Crippen LogP contribution is -2.43. The third-order valence-corrected chi connectivity index (χ3v) is 3.80. The van der Waals surface area contributed by atoms with Gasteiger partial charge in [-0.05, 0) is 32.1 Å². The second kappa shape index (κ2) is 5.34. The van der Waals surface area contributed by atoms with Crippen molar-refractivity contribution in [1.29, 1.82) is 0 Å². The predicted octanol–water partition coefficient (Wildman–Crippen LogP) is 1.71. The molecule has 0 radical (unpaired) electrons. The van der Waals surface area contributed by atoms with Gasteiger partial charge in [-0.1, -0.05) is 18.6 Å². The summed E-state index contributed by atoms with van der Waals surface area (Å²) in [6.45, 7) is 0. The van der Waals surface area contributed by atoms with Crippen LogP contribution in [-0.4, -0.2) is 23.0 Å². The highest BCUT2D eigenvalue weighted by atomic mass is 16.4. The van der Waals surface area contributed by atoms with E-state index in [0.29, 0.717) is 6.42 Å². The molecule has 0 aromatic carbocycles. The minimum Gasteiger partial charge on any atom is -0.481 e. The van der Waals surface area contributed by atoms with E-state index in [-0.39, 0.29) is 17.9 Å². The molecular formula is C13H19NO3. The van der Waals surface area contributed by atoms with Crippen molar-refractivity contribution in [3.63, 3.8) is 0 Å². The zero-order valence-corrected chi connectivity index (χ0v) is 9.89. The Hall–Kier alpha value is -1.32. The van der Waals surface area contributed by atoms with Gasteiger partial charge in [0.05, 0.1) is 5.92 Å². The van der Waals surface area contributed by atoms with E-state index < -0.39 is 11.9 Å². The Labute approximate surface area is 101 Å². The molecule has 0 heterocycles. The molecule has 0 aromatic heterocycles. The number of carbonyl (C=O) groups excluding carboxylic acids is 1. The van der Waals surface area contributed by atoms with Crippen LogP contribution in [-0.2, 0) is 9.59 Å². The first-order chi connectivity index (χ1) is 8.18. The van der Waals surface area contributed by atoms with Crippen LogP contribution in [0.15, 0.2) is 12.2 Å². The van der Waals surface area contributed by atoms with Crippen LogP contribution >= 0.6 is 0 Å². The average Bonchev–Trinajstić information content (AvgIpc) is 2.78. The molecule has 4 heteroatoms. The first kappa shape index (κ1) is 12.1. The average molecular weight is 237 g/mol. The second-order valence-electron chi connectivity index (χ2n) is 4.97. The zero-order chi connectivity index (χ0) is 12.3. The lowest BCUT2D eigenvalue weighted by molar-refractivity contribution is -0.142. The molecule has 1 saturated carbocycles. The Morgan fingerprint density at radius 2 is 2.00 bits per heavy atom. The Balaban J connectivity index is 1.89. The van der Waals surface area contributed by atoms with Crippen molar-refractivity contribution in [3.8, 4) is 0 Å². The number of rotatable bonds is 3. The summed E-state index contributed by atoms with van der Waals surface area (Å²) < 4.78 is 0. The molecule has 0 spiro atoms. The van der Waals surface area contributed by atoms with Crippen molar-refractivity contribution in [3.05, 3.63) is 12.2 Å². The lowest BCUT2D eigenvalue weighted by Gasteiger charge is -2.22. The molecule has 2 aliphatic carbocycles. The molecule has 94 valence electrons. The van der Waals surface area contributed by atoms with Crippen LogP contribution in [0.2, 0.25) is 0 Å². The summed E-state index contributed by atoms with van der Waals surface area (Å²) in [5.74, 6) is -1.10. The fraction of sp³-hybridized carbons (Fsp3) is 0.692. The molecule has 0 saturated heterocycles. The molecular weight excluding hydrogens is 218 g/mol. The van der Waals surface area contributed by atoms with Crippen molar-refractivity contribution in [2.24, 2.45) is 11.8 Å². The molecule has 0 aromatic rings. The van der Waals surface area contributed by atoms with Crippen LogP contribution in [0.1, 0.15) is 38.5 Å². The largest absolute Gasteiger partial charge is 0.481 e. The molecule has 1 unspecified atom stereocenters. The van der Waals surface area contributed by atoms with Gasteiger partial charge in [-0.25, -0.2) is 0 Å². The molecule has 2 N–H and O–H groups in total. The summed E-state index contributed by atoms with van der Waals surface area (Å²) in [6, 6.07) is -0.161. The Morgan fingerprint density at radius 3 is 2.65 bits per heavy atom. The van der Waals surface area contributed by atoms with Crippen LogP contribution in [0, 0.1) is 11.8 Å². The highest BCUT2D eigenvalue weighted by Gasteiger charge is 2.34. The van der Waals surface area contributed by atoms with Crippen LogP contribution in [0.25, 0.3) is 0 Å². The monoisotopic (exact) mass is 237 g/mol. The van der Waals surface area contributed by atoms with E-state index in [0.717, 1.165) is 32.1 Å². The number of allylic oxidation sites excluding steroid dienone is 2. The van der Waals surface area contributed by atoms with Gasteiger partial charge in [0, 0.05) is 12.0 Å². The van der Waals surface area contributed by atoms with Gasteiger partial charge in [0.1, 0.15) is 0 Å².